The molecule has 0 radical (unpaired) electrons. The first-order valence-corrected chi connectivity index (χ1v) is 4.42. The molecule has 2 unspecified atom stereocenters. The van der Waals surface area contributed by atoms with Gasteiger partial charge in [0, 0.05) is 0 Å². The highest BCUT2D eigenvalue weighted by molar-refractivity contribution is 7.18. The van der Waals surface area contributed by atoms with Gasteiger partial charge in [-0.3, -0.25) is 0 Å². The Balaban J connectivity index is 2.49. The van der Waals surface area contributed by atoms with E-state index in [9.17, 15) is 0 Å². The molecule has 2 atom stereocenters. The predicted octanol–water partition coefficient (Wildman–Crippen LogP) is 2.75. The molecule has 1 aliphatic carbocycles. The first-order chi connectivity index (χ1) is 4.34. The van der Waals surface area contributed by atoms with E-state index >= 15 is 0 Å². The second-order valence-corrected chi connectivity index (χ2v) is 3.52. The average molecular weight is 142 g/mol. The summed E-state index contributed by atoms with van der Waals surface area (Å²) in [6.07, 6.45) is 7.82. The zero-order valence-electron chi connectivity index (χ0n) is 6.06. The van der Waals surface area contributed by atoms with Gasteiger partial charge in [0.15, 0.2) is 0 Å². The van der Waals surface area contributed by atoms with Crippen molar-refractivity contribution in [3.05, 3.63) is 11.6 Å². The van der Waals surface area contributed by atoms with Gasteiger partial charge in [-0.05, 0) is 31.8 Å². The van der Waals surface area contributed by atoms with Crippen molar-refractivity contribution in [1.29, 1.82) is 0 Å². The molecule has 0 aromatic rings. The van der Waals surface area contributed by atoms with E-state index in [2.05, 4.69) is 22.2 Å². The lowest BCUT2D eigenvalue weighted by atomic mass is 9.94. The van der Waals surface area contributed by atoms with Gasteiger partial charge >= 0.3 is 0 Å². The lowest BCUT2D eigenvalue weighted by Gasteiger charge is -2.20. The molecule has 1 fully saturated rings. The maximum Gasteiger partial charge on any atom is -0.00557 e. The van der Waals surface area contributed by atoms with Crippen LogP contribution in [-0.2, 0) is 0 Å². The van der Waals surface area contributed by atoms with E-state index in [0.29, 0.717) is 0 Å². The summed E-state index contributed by atoms with van der Waals surface area (Å²) in [5.74, 6) is 0. The minimum absolute atomic E-state index is 0.795. The molecule has 0 amide bonds. The van der Waals surface area contributed by atoms with Crippen LogP contribution in [-0.4, -0.2) is 5.66 Å². The van der Waals surface area contributed by atoms with E-state index in [1.165, 1.54) is 25.7 Å². The molecule has 1 heteroatoms. The fourth-order valence-corrected chi connectivity index (χ4v) is 2.02. The van der Waals surface area contributed by atoms with Crippen LogP contribution in [0.15, 0.2) is 11.6 Å². The van der Waals surface area contributed by atoms with Crippen LogP contribution in [0.5, 0.6) is 0 Å². The summed E-state index contributed by atoms with van der Waals surface area (Å²) in [4.78, 5) is 0. The molecule has 0 heterocycles. The maximum absolute atomic E-state index is 2.92. The minimum Gasteiger partial charge on any atom is -0.130 e. The first-order valence-electron chi connectivity index (χ1n) is 3.75. The standard InChI is InChI=1S/C8H15P/c1-2-7-5-3-4-6-8(7)9/h2,8H,3-6,9H2,1H3/b7-2+. The van der Waals surface area contributed by atoms with Gasteiger partial charge in [0.25, 0.3) is 0 Å². The van der Waals surface area contributed by atoms with E-state index in [-0.39, 0.29) is 0 Å². The second kappa shape index (κ2) is 3.37. The maximum atomic E-state index is 2.92. The Morgan fingerprint density at radius 3 is 2.78 bits per heavy atom. The van der Waals surface area contributed by atoms with Crippen LogP contribution in [0.25, 0.3) is 0 Å². The molecular weight excluding hydrogens is 127 g/mol. The predicted molar refractivity (Wildman–Crippen MR) is 45.7 cm³/mol. The van der Waals surface area contributed by atoms with Crippen LogP contribution in [0.2, 0.25) is 0 Å². The summed E-state index contributed by atoms with van der Waals surface area (Å²) in [5.41, 5.74) is 2.44. The third-order valence-corrected chi connectivity index (χ3v) is 2.84. The van der Waals surface area contributed by atoms with E-state index in [4.69, 9.17) is 0 Å². The van der Waals surface area contributed by atoms with Gasteiger partial charge in [0.05, 0.1) is 0 Å². The monoisotopic (exact) mass is 142 g/mol. The zero-order valence-corrected chi connectivity index (χ0v) is 7.22. The van der Waals surface area contributed by atoms with E-state index in [1.807, 2.05) is 0 Å². The molecule has 0 nitrogen and oxygen atoms in total. The van der Waals surface area contributed by atoms with Crippen molar-refractivity contribution < 1.29 is 0 Å². The van der Waals surface area contributed by atoms with Crippen molar-refractivity contribution in [3.63, 3.8) is 0 Å². The van der Waals surface area contributed by atoms with Crippen molar-refractivity contribution in [2.45, 2.75) is 38.3 Å². The largest absolute Gasteiger partial charge is 0.130 e. The number of hydrogen-bond donors (Lipinski definition) is 0. The number of hydrogen-bond acceptors (Lipinski definition) is 0. The Morgan fingerprint density at radius 2 is 2.33 bits per heavy atom. The van der Waals surface area contributed by atoms with Crippen LogP contribution in [0.3, 0.4) is 0 Å². The highest BCUT2D eigenvalue weighted by Gasteiger charge is 2.12. The van der Waals surface area contributed by atoms with Gasteiger partial charge in [-0.2, -0.15) is 0 Å². The van der Waals surface area contributed by atoms with E-state index in [1.54, 1.807) is 5.57 Å². The minimum atomic E-state index is 0.795. The summed E-state index contributed by atoms with van der Waals surface area (Å²) >= 11 is 0. The van der Waals surface area contributed by atoms with Crippen molar-refractivity contribution in [1.82, 2.24) is 0 Å². The molecule has 0 N–H and O–H groups in total. The summed E-state index contributed by atoms with van der Waals surface area (Å²) in [5, 5.41) is 0. The van der Waals surface area contributed by atoms with Gasteiger partial charge < -0.3 is 0 Å². The van der Waals surface area contributed by atoms with Gasteiger partial charge in [-0.15, -0.1) is 9.24 Å². The summed E-state index contributed by atoms with van der Waals surface area (Å²) in [7, 11) is 2.92. The quantitative estimate of drug-likeness (QED) is 0.360. The number of allylic oxidation sites excluding steroid dienone is 2. The Morgan fingerprint density at radius 1 is 1.56 bits per heavy atom. The Labute approximate surface area is 59.9 Å². The lowest BCUT2D eigenvalue weighted by Crippen LogP contribution is -2.07. The fourth-order valence-electron chi connectivity index (χ4n) is 1.42. The molecule has 0 saturated heterocycles. The van der Waals surface area contributed by atoms with Crippen molar-refractivity contribution in [3.8, 4) is 0 Å². The van der Waals surface area contributed by atoms with Crippen LogP contribution >= 0.6 is 9.24 Å². The van der Waals surface area contributed by atoms with Crippen molar-refractivity contribution in [2.24, 2.45) is 0 Å². The Hall–Kier alpha value is 0.170. The van der Waals surface area contributed by atoms with Gasteiger partial charge in [-0.25, -0.2) is 0 Å². The first kappa shape index (κ1) is 7.28. The summed E-state index contributed by atoms with van der Waals surface area (Å²) in [6.45, 7) is 2.15. The van der Waals surface area contributed by atoms with Crippen LogP contribution in [0, 0.1) is 0 Å². The van der Waals surface area contributed by atoms with Crippen molar-refractivity contribution in [2.75, 3.05) is 0 Å². The average Bonchev–Trinajstić information content (AvgIpc) is 1.89. The third kappa shape index (κ3) is 1.79. The topological polar surface area (TPSA) is 0 Å². The zero-order chi connectivity index (χ0) is 6.69. The molecule has 52 valence electrons. The molecule has 0 spiro atoms. The van der Waals surface area contributed by atoms with Crippen LogP contribution < -0.4 is 0 Å². The highest BCUT2D eigenvalue weighted by atomic mass is 31.0. The molecule has 1 rings (SSSR count). The second-order valence-electron chi connectivity index (χ2n) is 2.72. The Bertz CT molecular complexity index is 116. The highest BCUT2D eigenvalue weighted by Crippen LogP contribution is 2.28. The molecule has 0 bridgehead atoms. The smallest absolute Gasteiger partial charge is 0.00557 e. The van der Waals surface area contributed by atoms with Gasteiger partial charge in [0.1, 0.15) is 0 Å². The number of rotatable bonds is 0. The van der Waals surface area contributed by atoms with Gasteiger partial charge in [-0.1, -0.05) is 18.1 Å². The van der Waals surface area contributed by atoms with Crippen LogP contribution in [0.4, 0.5) is 0 Å². The molecular formula is C8H15P. The van der Waals surface area contributed by atoms with Gasteiger partial charge in [0.2, 0.25) is 0 Å². The molecule has 0 aliphatic heterocycles. The van der Waals surface area contributed by atoms with Crippen molar-refractivity contribution >= 4 is 9.24 Å². The molecule has 1 aliphatic rings. The molecule has 0 aromatic carbocycles. The van der Waals surface area contributed by atoms with E-state index in [0.717, 1.165) is 5.66 Å². The molecule has 1 saturated carbocycles. The Kier molecular flexibility index (Phi) is 2.72. The third-order valence-electron chi connectivity index (χ3n) is 2.08. The fraction of sp³-hybridized carbons (Fsp3) is 0.750. The SMILES string of the molecule is C/C=C1\CCCCC1P. The van der Waals surface area contributed by atoms with E-state index < -0.39 is 0 Å². The molecule has 0 aromatic heterocycles. The lowest BCUT2D eigenvalue weighted by molar-refractivity contribution is 0.608. The summed E-state index contributed by atoms with van der Waals surface area (Å²) in [6, 6.07) is 0. The molecule has 9 heavy (non-hydrogen) atoms. The van der Waals surface area contributed by atoms with Crippen LogP contribution in [0.1, 0.15) is 32.6 Å². The normalized spacial score (nSPS) is 33.1. The summed E-state index contributed by atoms with van der Waals surface area (Å²) < 4.78 is 0.